The van der Waals surface area contributed by atoms with E-state index in [1.807, 2.05) is 18.2 Å². The molecule has 2 N–H and O–H groups in total. The van der Waals surface area contributed by atoms with Gasteiger partial charge in [-0.05, 0) is 41.5 Å². The van der Waals surface area contributed by atoms with Crippen molar-refractivity contribution in [1.29, 1.82) is 0 Å². The minimum absolute atomic E-state index is 0.0543. The minimum atomic E-state index is -0.371. The van der Waals surface area contributed by atoms with E-state index in [-0.39, 0.29) is 24.4 Å². The van der Waals surface area contributed by atoms with Gasteiger partial charge in [-0.2, -0.15) is 0 Å². The lowest BCUT2D eigenvalue weighted by atomic mass is 9.91. The Labute approximate surface area is 139 Å². The normalized spacial score (nSPS) is 19.1. The van der Waals surface area contributed by atoms with E-state index >= 15 is 0 Å². The second-order valence-corrected chi connectivity index (χ2v) is 5.55. The number of aliphatic hydroxyl groups excluding tert-OH is 1. The predicted octanol–water partition coefficient (Wildman–Crippen LogP) is 2.82. The highest BCUT2D eigenvalue weighted by Crippen LogP contribution is 2.47. The van der Waals surface area contributed by atoms with E-state index in [1.54, 1.807) is 24.3 Å². The highest BCUT2D eigenvalue weighted by atomic mass is 16.5. The molecule has 0 unspecified atom stereocenters. The Balaban J connectivity index is 1.97. The molecule has 0 amide bonds. The number of phenols is 1. The van der Waals surface area contributed by atoms with Gasteiger partial charge in [-0.15, -0.1) is 0 Å². The molecule has 0 aliphatic carbocycles. The van der Waals surface area contributed by atoms with Crippen LogP contribution in [-0.2, 0) is 4.79 Å². The van der Waals surface area contributed by atoms with Gasteiger partial charge in [-0.3, -0.25) is 4.79 Å². The summed E-state index contributed by atoms with van der Waals surface area (Å²) in [7, 11) is 1.48. The first-order chi connectivity index (χ1) is 11.7. The van der Waals surface area contributed by atoms with Crippen LogP contribution < -0.4 is 9.47 Å². The summed E-state index contributed by atoms with van der Waals surface area (Å²) in [5, 5.41) is 19.6. The summed E-state index contributed by atoms with van der Waals surface area (Å²) in [5.74, 6) is 0.880. The van der Waals surface area contributed by atoms with Crippen LogP contribution in [0.4, 0.5) is 0 Å². The van der Waals surface area contributed by atoms with Crippen molar-refractivity contribution in [2.75, 3.05) is 13.7 Å². The topological polar surface area (TPSA) is 76.0 Å². The van der Waals surface area contributed by atoms with Crippen molar-refractivity contribution in [3.05, 3.63) is 59.2 Å². The van der Waals surface area contributed by atoms with Crippen LogP contribution in [-0.4, -0.2) is 30.2 Å². The van der Waals surface area contributed by atoms with E-state index in [4.69, 9.17) is 9.47 Å². The molecule has 1 aliphatic rings. The number of hydrogen-bond donors (Lipinski definition) is 2. The Kier molecular flexibility index (Phi) is 4.53. The summed E-state index contributed by atoms with van der Waals surface area (Å²) in [4.78, 5) is 10.5. The number of benzene rings is 2. The largest absolute Gasteiger partial charge is 0.504 e. The van der Waals surface area contributed by atoms with Gasteiger partial charge in [0.2, 0.25) is 0 Å². The Morgan fingerprint density at radius 3 is 2.79 bits per heavy atom. The van der Waals surface area contributed by atoms with Crippen LogP contribution >= 0.6 is 0 Å². The average molecular weight is 326 g/mol. The molecule has 0 radical (unpaired) electrons. The van der Waals surface area contributed by atoms with Crippen molar-refractivity contribution in [3.8, 4) is 17.2 Å². The van der Waals surface area contributed by atoms with Crippen LogP contribution in [0.5, 0.6) is 17.2 Å². The van der Waals surface area contributed by atoms with Crippen molar-refractivity contribution in [3.63, 3.8) is 0 Å². The van der Waals surface area contributed by atoms with Crippen LogP contribution in [0.3, 0.4) is 0 Å². The fourth-order valence-corrected chi connectivity index (χ4v) is 2.97. The maximum atomic E-state index is 10.5. The third kappa shape index (κ3) is 2.86. The average Bonchev–Trinajstić information content (AvgIpc) is 2.98. The monoisotopic (exact) mass is 326 g/mol. The lowest BCUT2D eigenvalue weighted by Gasteiger charge is -2.18. The zero-order valence-electron chi connectivity index (χ0n) is 13.2. The summed E-state index contributed by atoms with van der Waals surface area (Å²) < 4.78 is 11.1. The number of rotatable bonds is 5. The number of allylic oxidation sites excluding steroid dienone is 1. The van der Waals surface area contributed by atoms with E-state index in [0.717, 1.165) is 23.0 Å². The van der Waals surface area contributed by atoms with E-state index < -0.39 is 0 Å². The minimum Gasteiger partial charge on any atom is -0.504 e. The standard InChI is InChI=1S/C19H18O5/c1-23-18-10-13(5-6-16(18)22)19-15(11-21)14-9-12(3-2-8-20)4-7-17(14)24-19/h2-10,15,19,21-22H,11H2,1H3/t15-,19+/m0/s1. The molecular formula is C19H18O5. The number of aliphatic hydroxyl groups is 1. The van der Waals surface area contributed by atoms with Gasteiger partial charge in [0.1, 0.15) is 18.1 Å². The fraction of sp³-hybridized carbons (Fsp3) is 0.211. The van der Waals surface area contributed by atoms with Crippen molar-refractivity contribution in [1.82, 2.24) is 0 Å². The van der Waals surface area contributed by atoms with E-state index in [9.17, 15) is 15.0 Å². The van der Waals surface area contributed by atoms with Crippen LogP contribution in [0.15, 0.2) is 42.5 Å². The second kappa shape index (κ2) is 6.76. The fourth-order valence-electron chi connectivity index (χ4n) is 2.97. The third-order valence-corrected chi connectivity index (χ3v) is 4.15. The van der Waals surface area contributed by atoms with Crippen LogP contribution in [0.2, 0.25) is 0 Å². The lowest BCUT2D eigenvalue weighted by molar-refractivity contribution is -0.104. The van der Waals surface area contributed by atoms with E-state index in [0.29, 0.717) is 11.5 Å². The van der Waals surface area contributed by atoms with Crippen LogP contribution in [0.25, 0.3) is 6.08 Å². The van der Waals surface area contributed by atoms with Gasteiger partial charge in [0.25, 0.3) is 0 Å². The zero-order chi connectivity index (χ0) is 17.1. The number of methoxy groups -OCH3 is 1. The highest BCUT2D eigenvalue weighted by Gasteiger charge is 2.35. The molecule has 5 heteroatoms. The molecule has 1 heterocycles. The quantitative estimate of drug-likeness (QED) is 0.653. The predicted molar refractivity (Wildman–Crippen MR) is 89.4 cm³/mol. The van der Waals surface area contributed by atoms with Gasteiger partial charge < -0.3 is 19.7 Å². The van der Waals surface area contributed by atoms with Gasteiger partial charge in [0.15, 0.2) is 11.5 Å². The molecule has 0 fully saturated rings. The first-order valence-corrected chi connectivity index (χ1v) is 7.58. The first kappa shape index (κ1) is 16.1. The van der Waals surface area contributed by atoms with Crippen molar-refractivity contribution in [2.45, 2.75) is 12.0 Å². The maximum absolute atomic E-state index is 10.5. The SMILES string of the molecule is COc1cc([C@H]2Oc3ccc(C=CC=O)cc3[C@@H]2CO)ccc1O. The number of phenolic OH excluding ortho intramolecular Hbond substituents is 1. The Bertz CT molecular complexity index is 781. The highest BCUT2D eigenvalue weighted by molar-refractivity contribution is 5.74. The molecule has 5 nitrogen and oxygen atoms in total. The van der Waals surface area contributed by atoms with Crippen LogP contribution in [0, 0.1) is 0 Å². The molecule has 2 atom stereocenters. The Hall–Kier alpha value is -2.79. The third-order valence-electron chi connectivity index (χ3n) is 4.15. The number of carbonyl (C=O) groups excluding carboxylic acids is 1. The van der Waals surface area contributed by atoms with Gasteiger partial charge in [-0.25, -0.2) is 0 Å². The number of aromatic hydroxyl groups is 1. The van der Waals surface area contributed by atoms with Crippen molar-refractivity contribution in [2.24, 2.45) is 0 Å². The molecule has 124 valence electrons. The number of ether oxygens (including phenoxy) is 2. The van der Waals surface area contributed by atoms with Crippen molar-refractivity contribution < 1.29 is 24.5 Å². The molecule has 24 heavy (non-hydrogen) atoms. The number of aldehydes is 1. The summed E-state index contributed by atoms with van der Waals surface area (Å²) in [6.45, 7) is -0.0816. The zero-order valence-corrected chi connectivity index (χ0v) is 13.2. The molecule has 3 rings (SSSR count). The van der Waals surface area contributed by atoms with Crippen LogP contribution in [0.1, 0.15) is 28.7 Å². The molecule has 0 saturated heterocycles. The summed E-state index contributed by atoms with van der Waals surface area (Å²) in [5.41, 5.74) is 2.57. The molecular weight excluding hydrogens is 308 g/mol. The smallest absolute Gasteiger partial charge is 0.160 e. The summed E-state index contributed by atoms with van der Waals surface area (Å²) in [6, 6.07) is 10.6. The van der Waals surface area contributed by atoms with E-state index in [1.165, 1.54) is 13.2 Å². The number of fused-ring (bicyclic) bond motifs is 1. The Morgan fingerprint density at radius 2 is 2.08 bits per heavy atom. The van der Waals surface area contributed by atoms with E-state index in [2.05, 4.69) is 0 Å². The second-order valence-electron chi connectivity index (χ2n) is 5.55. The van der Waals surface area contributed by atoms with Gasteiger partial charge >= 0.3 is 0 Å². The molecule has 0 spiro atoms. The number of carbonyl (C=O) groups is 1. The number of hydrogen-bond acceptors (Lipinski definition) is 5. The summed E-state index contributed by atoms with van der Waals surface area (Å²) >= 11 is 0. The maximum Gasteiger partial charge on any atom is 0.160 e. The molecule has 2 aromatic rings. The molecule has 1 aliphatic heterocycles. The van der Waals surface area contributed by atoms with Gasteiger partial charge in [0.05, 0.1) is 19.6 Å². The van der Waals surface area contributed by atoms with Crippen molar-refractivity contribution >= 4 is 12.4 Å². The van der Waals surface area contributed by atoms with Gasteiger partial charge in [-0.1, -0.05) is 18.2 Å². The summed E-state index contributed by atoms with van der Waals surface area (Å²) in [6.07, 6.45) is 3.48. The molecule has 0 saturated carbocycles. The lowest BCUT2D eigenvalue weighted by Crippen LogP contribution is -2.13. The molecule has 0 aromatic heterocycles. The molecule has 2 aromatic carbocycles. The van der Waals surface area contributed by atoms with Gasteiger partial charge in [0, 0.05) is 5.56 Å². The Morgan fingerprint density at radius 1 is 1.25 bits per heavy atom. The molecule has 0 bridgehead atoms. The first-order valence-electron chi connectivity index (χ1n) is 7.58.